The Morgan fingerprint density at radius 1 is 1.09 bits per heavy atom. The van der Waals surface area contributed by atoms with E-state index in [0.29, 0.717) is 5.56 Å². The molecule has 3 nitrogen and oxygen atoms in total. The van der Waals surface area contributed by atoms with E-state index in [1.165, 1.54) is 11.1 Å². The fourth-order valence-corrected chi connectivity index (χ4v) is 3.52. The number of carbonyl (C=O) groups is 1. The zero-order valence-electron chi connectivity index (χ0n) is 13.1. The molecule has 2 unspecified atom stereocenters. The van der Waals surface area contributed by atoms with E-state index in [9.17, 15) is 9.90 Å². The van der Waals surface area contributed by atoms with Crippen molar-refractivity contribution < 1.29 is 15.0 Å². The minimum Gasteiger partial charge on any atom is -0.478 e. The van der Waals surface area contributed by atoms with Crippen LogP contribution in [0, 0.1) is 0 Å². The highest BCUT2D eigenvalue weighted by molar-refractivity contribution is 5.87. The number of benzene rings is 2. The monoisotopic (exact) mass is 310 g/mol. The van der Waals surface area contributed by atoms with E-state index in [0.717, 1.165) is 37.7 Å². The molecule has 0 spiro atoms. The average Bonchev–Trinajstić information content (AvgIpc) is 2.57. The molecule has 0 fully saturated rings. The smallest absolute Gasteiger partial charge is 0.335 e. The minimum absolute atomic E-state index is 0.221. The van der Waals surface area contributed by atoms with Crippen LogP contribution in [-0.4, -0.2) is 22.3 Å². The van der Waals surface area contributed by atoms with E-state index in [4.69, 9.17) is 5.11 Å². The van der Waals surface area contributed by atoms with Crippen LogP contribution in [0.5, 0.6) is 0 Å². The number of rotatable bonds is 5. The Morgan fingerprint density at radius 3 is 2.57 bits per heavy atom. The summed E-state index contributed by atoms with van der Waals surface area (Å²) < 4.78 is 0. The standard InChI is InChI=1S/C20H22O3/c21-19-13-12-15-5-1-2-6-17(15)18(19)7-3-4-14-8-10-16(11-9-14)20(22)23/h1-2,5-6,8-11,18-19,21H,3-4,7,12-13H2,(H,22,23). The number of hydrogen-bond acceptors (Lipinski definition) is 2. The number of aliphatic hydroxyl groups excluding tert-OH is 1. The number of aryl methyl sites for hydroxylation is 2. The minimum atomic E-state index is -0.890. The third kappa shape index (κ3) is 3.62. The number of hydrogen-bond donors (Lipinski definition) is 2. The summed E-state index contributed by atoms with van der Waals surface area (Å²) in [5.74, 6) is -0.670. The van der Waals surface area contributed by atoms with Gasteiger partial charge in [-0.3, -0.25) is 0 Å². The van der Waals surface area contributed by atoms with Crippen molar-refractivity contribution in [3.63, 3.8) is 0 Å². The number of aromatic carboxylic acids is 1. The van der Waals surface area contributed by atoms with Crippen LogP contribution in [0.2, 0.25) is 0 Å². The molecule has 0 aromatic heterocycles. The third-order valence-electron chi connectivity index (χ3n) is 4.81. The highest BCUT2D eigenvalue weighted by Crippen LogP contribution is 2.35. The first kappa shape index (κ1) is 15.8. The molecule has 2 aromatic rings. The summed E-state index contributed by atoms with van der Waals surface area (Å²) in [6.45, 7) is 0. The average molecular weight is 310 g/mol. The van der Waals surface area contributed by atoms with Gasteiger partial charge >= 0.3 is 5.97 Å². The van der Waals surface area contributed by atoms with Crippen molar-refractivity contribution in [2.24, 2.45) is 0 Å². The summed E-state index contributed by atoms with van der Waals surface area (Å²) >= 11 is 0. The SMILES string of the molecule is O=C(O)c1ccc(CCCC2c3ccccc3CCC2O)cc1. The lowest BCUT2D eigenvalue weighted by molar-refractivity contribution is 0.0697. The molecule has 3 heteroatoms. The molecule has 120 valence electrons. The van der Waals surface area contributed by atoms with Crippen molar-refractivity contribution in [1.82, 2.24) is 0 Å². The maximum Gasteiger partial charge on any atom is 0.335 e. The lowest BCUT2D eigenvalue weighted by Gasteiger charge is -2.30. The van der Waals surface area contributed by atoms with Crippen LogP contribution in [0.3, 0.4) is 0 Å². The summed E-state index contributed by atoms with van der Waals surface area (Å²) in [7, 11) is 0. The predicted molar refractivity (Wildman–Crippen MR) is 89.9 cm³/mol. The van der Waals surface area contributed by atoms with Crippen LogP contribution in [0.15, 0.2) is 48.5 Å². The largest absolute Gasteiger partial charge is 0.478 e. The van der Waals surface area contributed by atoms with Crippen molar-refractivity contribution in [3.05, 3.63) is 70.8 Å². The second-order valence-electron chi connectivity index (χ2n) is 6.31. The molecule has 1 aliphatic carbocycles. The van der Waals surface area contributed by atoms with Crippen LogP contribution in [0.4, 0.5) is 0 Å². The van der Waals surface area contributed by atoms with Crippen molar-refractivity contribution in [2.75, 3.05) is 0 Å². The molecule has 0 heterocycles. The number of carboxylic acid groups (broad SMARTS) is 1. The van der Waals surface area contributed by atoms with Gasteiger partial charge in [-0.25, -0.2) is 4.79 Å². The van der Waals surface area contributed by atoms with Gasteiger partial charge in [-0.15, -0.1) is 0 Å². The lowest BCUT2D eigenvalue weighted by atomic mass is 9.78. The number of carboxylic acids is 1. The Morgan fingerprint density at radius 2 is 1.83 bits per heavy atom. The maximum absolute atomic E-state index is 10.9. The van der Waals surface area contributed by atoms with Gasteiger partial charge < -0.3 is 10.2 Å². The molecule has 0 saturated carbocycles. The molecule has 0 radical (unpaired) electrons. The summed E-state index contributed by atoms with van der Waals surface area (Å²) in [5, 5.41) is 19.3. The first-order chi connectivity index (χ1) is 11.1. The molecular formula is C20H22O3. The van der Waals surface area contributed by atoms with Crippen LogP contribution >= 0.6 is 0 Å². The highest BCUT2D eigenvalue weighted by atomic mass is 16.4. The Balaban J connectivity index is 1.61. The zero-order chi connectivity index (χ0) is 16.2. The van der Waals surface area contributed by atoms with Gasteiger partial charge in [-0.1, -0.05) is 36.4 Å². The molecule has 0 bridgehead atoms. The second kappa shape index (κ2) is 6.97. The van der Waals surface area contributed by atoms with Crippen LogP contribution in [0.1, 0.15) is 52.2 Å². The van der Waals surface area contributed by atoms with Gasteiger partial charge in [0.25, 0.3) is 0 Å². The summed E-state index contributed by atoms with van der Waals surface area (Å²) in [4.78, 5) is 10.9. The molecule has 2 N–H and O–H groups in total. The maximum atomic E-state index is 10.9. The number of fused-ring (bicyclic) bond motifs is 1. The first-order valence-corrected chi connectivity index (χ1v) is 8.23. The molecular weight excluding hydrogens is 288 g/mol. The normalized spacial score (nSPS) is 20.0. The molecule has 3 rings (SSSR count). The third-order valence-corrected chi connectivity index (χ3v) is 4.81. The Labute approximate surface area is 136 Å². The van der Waals surface area contributed by atoms with Crippen molar-refractivity contribution in [2.45, 2.75) is 44.1 Å². The molecule has 2 atom stereocenters. The Kier molecular flexibility index (Phi) is 4.77. The summed E-state index contributed by atoms with van der Waals surface area (Å²) in [5.41, 5.74) is 4.14. The van der Waals surface area contributed by atoms with Gasteiger partial charge in [0.05, 0.1) is 11.7 Å². The van der Waals surface area contributed by atoms with Crippen molar-refractivity contribution in [1.29, 1.82) is 0 Å². The van der Waals surface area contributed by atoms with Gasteiger partial charge in [0.2, 0.25) is 0 Å². The zero-order valence-corrected chi connectivity index (χ0v) is 13.1. The first-order valence-electron chi connectivity index (χ1n) is 8.23. The topological polar surface area (TPSA) is 57.5 Å². The van der Waals surface area contributed by atoms with Crippen molar-refractivity contribution in [3.8, 4) is 0 Å². The van der Waals surface area contributed by atoms with Gasteiger partial charge in [-0.2, -0.15) is 0 Å². The molecule has 0 saturated heterocycles. The molecule has 0 aliphatic heterocycles. The van der Waals surface area contributed by atoms with Gasteiger partial charge in [-0.05, 0) is 60.9 Å². The van der Waals surface area contributed by atoms with Crippen LogP contribution in [0.25, 0.3) is 0 Å². The fraction of sp³-hybridized carbons (Fsp3) is 0.350. The quantitative estimate of drug-likeness (QED) is 0.883. The van der Waals surface area contributed by atoms with E-state index in [2.05, 4.69) is 24.3 Å². The molecule has 23 heavy (non-hydrogen) atoms. The Bertz CT molecular complexity index is 676. The van der Waals surface area contributed by atoms with Crippen molar-refractivity contribution >= 4 is 5.97 Å². The predicted octanol–water partition coefficient (Wildman–Crippen LogP) is 3.80. The number of aliphatic hydroxyl groups is 1. The molecule has 1 aliphatic rings. The van der Waals surface area contributed by atoms with Gasteiger partial charge in [0, 0.05) is 5.92 Å². The fourth-order valence-electron chi connectivity index (χ4n) is 3.52. The van der Waals surface area contributed by atoms with E-state index in [1.54, 1.807) is 12.1 Å². The molecule has 0 amide bonds. The summed E-state index contributed by atoms with van der Waals surface area (Å²) in [6.07, 6.45) is 4.41. The van der Waals surface area contributed by atoms with Gasteiger partial charge in [0.15, 0.2) is 0 Å². The Hall–Kier alpha value is -2.13. The van der Waals surface area contributed by atoms with Gasteiger partial charge in [0.1, 0.15) is 0 Å². The molecule has 2 aromatic carbocycles. The van der Waals surface area contributed by atoms with E-state index < -0.39 is 5.97 Å². The lowest BCUT2D eigenvalue weighted by Crippen LogP contribution is -2.25. The van der Waals surface area contributed by atoms with Crippen LogP contribution in [-0.2, 0) is 12.8 Å². The van der Waals surface area contributed by atoms with E-state index in [1.807, 2.05) is 12.1 Å². The van der Waals surface area contributed by atoms with Crippen LogP contribution < -0.4 is 0 Å². The highest BCUT2D eigenvalue weighted by Gasteiger charge is 2.27. The second-order valence-corrected chi connectivity index (χ2v) is 6.31. The summed E-state index contributed by atoms with van der Waals surface area (Å²) in [6, 6.07) is 15.5. The van der Waals surface area contributed by atoms with E-state index in [-0.39, 0.29) is 12.0 Å². The van der Waals surface area contributed by atoms with E-state index >= 15 is 0 Å².